The molecular weight excluding hydrogens is 468 g/mol. The van der Waals surface area contributed by atoms with Gasteiger partial charge in [0.05, 0.1) is 15.1 Å². The largest absolute Gasteiger partial charge is 0.450 e. The fourth-order valence-corrected chi connectivity index (χ4v) is 5.06. The third kappa shape index (κ3) is 4.25. The zero-order valence-corrected chi connectivity index (χ0v) is 19.0. The number of carbonyl (C=O) groups is 1. The first-order valence-electron chi connectivity index (χ1n) is 9.94. The summed E-state index contributed by atoms with van der Waals surface area (Å²) in [5.74, 6) is 0.206. The second-order valence-corrected chi connectivity index (χ2v) is 10.5. The summed E-state index contributed by atoms with van der Waals surface area (Å²) >= 11 is 3.44. The molecule has 8 heteroatoms. The molecule has 0 aliphatic carbocycles. The molecule has 3 aromatic rings. The summed E-state index contributed by atoms with van der Waals surface area (Å²) in [5.41, 5.74) is 1.67. The van der Waals surface area contributed by atoms with E-state index in [0.29, 0.717) is 16.2 Å². The molecule has 0 spiro atoms. The number of nitrogens with zero attached hydrogens (tertiary/aromatic N) is 1. The van der Waals surface area contributed by atoms with Crippen molar-refractivity contribution in [3.05, 3.63) is 58.8 Å². The molecule has 1 aliphatic rings. The highest BCUT2D eigenvalue weighted by Crippen LogP contribution is 2.27. The van der Waals surface area contributed by atoms with Crippen LogP contribution in [0, 0.1) is 0 Å². The van der Waals surface area contributed by atoms with Crippen molar-refractivity contribution in [2.75, 3.05) is 23.7 Å². The number of carbonyl (C=O) groups excluding carboxylic acids is 1. The molecule has 6 nitrogen and oxygen atoms in total. The normalized spacial score (nSPS) is 15.5. The lowest BCUT2D eigenvalue weighted by Gasteiger charge is -2.33. The van der Waals surface area contributed by atoms with Gasteiger partial charge in [-0.05, 0) is 65.2 Å². The van der Waals surface area contributed by atoms with Gasteiger partial charge in [-0.15, -0.1) is 0 Å². The highest BCUT2D eigenvalue weighted by molar-refractivity contribution is 9.10. The Morgan fingerprint density at radius 2 is 1.87 bits per heavy atom. The van der Waals surface area contributed by atoms with Crippen LogP contribution in [0.4, 0.5) is 5.69 Å². The predicted octanol–water partition coefficient (Wildman–Crippen LogP) is 4.39. The quantitative estimate of drug-likeness (QED) is 0.573. The minimum atomic E-state index is -3.18. The number of rotatable bonds is 5. The molecule has 1 aliphatic heterocycles. The van der Waals surface area contributed by atoms with Crippen molar-refractivity contribution in [3.63, 3.8) is 0 Å². The van der Waals surface area contributed by atoms with Crippen LogP contribution in [-0.2, 0) is 9.84 Å². The molecule has 1 fully saturated rings. The number of nitrogens with one attached hydrogen (secondary N) is 1. The number of furan rings is 1. The molecule has 1 saturated heterocycles. The highest BCUT2D eigenvalue weighted by Gasteiger charge is 2.23. The smallest absolute Gasteiger partial charge is 0.287 e. The molecule has 0 atom stereocenters. The summed E-state index contributed by atoms with van der Waals surface area (Å²) in [7, 11) is -3.18. The fraction of sp³-hybridized carbons (Fsp3) is 0.318. The van der Waals surface area contributed by atoms with Crippen LogP contribution in [0.5, 0.6) is 0 Å². The number of benzene rings is 2. The van der Waals surface area contributed by atoms with Gasteiger partial charge in [-0.25, -0.2) is 8.42 Å². The summed E-state index contributed by atoms with van der Waals surface area (Å²) in [6, 6.07) is 14.6. The zero-order valence-electron chi connectivity index (χ0n) is 16.6. The molecule has 2 heterocycles. The van der Waals surface area contributed by atoms with Crippen LogP contribution < -0.4 is 10.2 Å². The first kappa shape index (κ1) is 20.9. The van der Waals surface area contributed by atoms with Crippen molar-refractivity contribution in [2.45, 2.75) is 30.7 Å². The van der Waals surface area contributed by atoms with Crippen LogP contribution in [0.15, 0.2) is 62.3 Å². The van der Waals surface area contributed by atoms with E-state index < -0.39 is 9.84 Å². The Morgan fingerprint density at radius 3 is 2.50 bits per heavy atom. The zero-order chi connectivity index (χ0) is 21.3. The summed E-state index contributed by atoms with van der Waals surface area (Å²) in [6.45, 7) is 3.22. The maximum absolute atomic E-state index is 12.6. The minimum absolute atomic E-state index is 0.0742. The average molecular weight is 491 g/mol. The fourth-order valence-electron chi connectivity index (χ4n) is 3.71. The van der Waals surface area contributed by atoms with Crippen LogP contribution in [0.2, 0.25) is 0 Å². The van der Waals surface area contributed by atoms with Crippen LogP contribution in [0.25, 0.3) is 11.0 Å². The first-order valence-corrected chi connectivity index (χ1v) is 12.4. The average Bonchev–Trinajstić information content (AvgIpc) is 3.20. The van der Waals surface area contributed by atoms with E-state index in [1.807, 2.05) is 30.3 Å². The second kappa shape index (κ2) is 8.43. The van der Waals surface area contributed by atoms with Crippen LogP contribution in [-0.4, -0.2) is 39.2 Å². The lowest BCUT2D eigenvalue weighted by Crippen LogP contribution is -2.44. The van der Waals surface area contributed by atoms with Crippen molar-refractivity contribution in [2.24, 2.45) is 0 Å². The minimum Gasteiger partial charge on any atom is -0.450 e. The molecule has 0 radical (unpaired) electrons. The van der Waals surface area contributed by atoms with Crippen molar-refractivity contribution >= 4 is 48.3 Å². The van der Waals surface area contributed by atoms with Crippen molar-refractivity contribution in [3.8, 4) is 0 Å². The molecule has 1 aromatic heterocycles. The van der Waals surface area contributed by atoms with Crippen LogP contribution in [0.3, 0.4) is 0 Å². The van der Waals surface area contributed by atoms with Gasteiger partial charge in [-0.2, -0.15) is 0 Å². The Bertz CT molecular complexity index is 1160. The van der Waals surface area contributed by atoms with Gasteiger partial charge in [0.2, 0.25) is 0 Å². The van der Waals surface area contributed by atoms with Crippen molar-refractivity contribution in [1.82, 2.24) is 5.32 Å². The Labute approximate surface area is 184 Å². The number of halogens is 1. The molecule has 1 N–H and O–H groups in total. The molecule has 0 saturated carbocycles. The van der Waals surface area contributed by atoms with E-state index in [-0.39, 0.29) is 17.7 Å². The molecule has 2 aromatic carbocycles. The van der Waals surface area contributed by atoms with Gasteiger partial charge in [0.15, 0.2) is 15.6 Å². The van der Waals surface area contributed by atoms with Crippen molar-refractivity contribution in [1.29, 1.82) is 0 Å². The monoisotopic (exact) mass is 490 g/mol. The number of hydrogen-bond donors (Lipinski definition) is 1. The van der Waals surface area contributed by atoms with Gasteiger partial charge in [-0.1, -0.05) is 19.1 Å². The third-order valence-corrected chi connectivity index (χ3v) is 7.87. The maximum atomic E-state index is 12.6. The maximum Gasteiger partial charge on any atom is 0.287 e. The molecule has 158 valence electrons. The lowest BCUT2D eigenvalue weighted by atomic mass is 10.0. The predicted molar refractivity (Wildman–Crippen MR) is 121 cm³/mol. The van der Waals surface area contributed by atoms with E-state index >= 15 is 0 Å². The van der Waals surface area contributed by atoms with E-state index in [2.05, 4.69) is 26.1 Å². The van der Waals surface area contributed by atoms with Gasteiger partial charge in [0, 0.05) is 30.2 Å². The summed E-state index contributed by atoms with van der Waals surface area (Å²) in [4.78, 5) is 15.2. The molecule has 4 rings (SSSR count). The van der Waals surface area contributed by atoms with Gasteiger partial charge in [0.1, 0.15) is 5.58 Å². The van der Waals surface area contributed by atoms with Gasteiger partial charge in [-0.3, -0.25) is 4.79 Å². The number of amides is 1. The van der Waals surface area contributed by atoms with Gasteiger partial charge < -0.3 is 14.6 Å². The van der Waals surface area contributed by atoms with Gasteiger partial charge >= 0.3 is 0 Å². The second-order valence-electron chi connectivity index (χ2n) is 7.40. The SMILES string of the molecule is CCS(=O)(=O)c1ccc(N2CCC(NC(=O)c3cc4cccc(Br)c4o3)CC2)cc1. The topological polar surface area (TPSA) is 79.6 Å². The van der Waals surface area contributed by atoms with E-state index in [4.69, 9.17) is 4.42 Å². The number of hydrogen-bond acceptors (Lipinski definition) is 5. The third-order valence-electron chi connectivity index (χ3n) is 5.49. The first-order chi connectivity index (χ1) is 14.4. The summed E-state index contributed by atoms with van der Waals surface area (Å²) in [5, 5.41) is 3.96. The van der Waals surface area contributed by atoms with E-state index in [0.717, 1.165) is 41.5 Å². The Kier molecular flexibility index (Phi) is 5.88. The number of anilines is 1. The number of piperidine rings is 1. The molecule has 0 bridgehead atoms. The molecular formula is C22H23BrN2O4S. The van der Waals surface area contributed by atoms with Gasteiger partial charge in [0.25, 0.3) is 5.91 Å². The summed E-state index contributed by atoms with van der Waals surface area (Å²) in [6.07, 6.45) is 1.62. The Morgan fingerprint density at radius 1 is 1.17 bits per heavy atom. The molecule has 0 unspecified atom stereocenters. The van der Waals surface area contributed by atoms with Crippen molar-refractivity contribution < 1.29 is 17.6 Å². The number of fused-ring (bicyclic) bond motifs is 1. The van der Waals surface area contributed by atoms with E-state index in [9.17, 15) is 13.2 Å². The molecule has 30 heavy (non-hydrogen) atoms. The number of para-hydroxylation sites is 1. The molecule has 1 amide bonds. The Balaban J connectivity index is 1.36. The van der Waals surface area contributed by atoms with E-state index in [1.54, 1.807) is 25.1 Å². The lowest BCUT2D eigenvalue weighted by molar-refractivity contribution is 0.0905. The Hall–Kier alpha value is -2.32. The standard InChI is InChI=1S/C22H23BrN2O4S/c1-2-30(27,28)18-8-6-17(7-9-18)25-12-10-16(11-13-25)24-22(26)20-14-15-4-3-5-19(23)21(15)29-20/h3-9,14,16H,2,10-13H2,1H3,(H,24,26). The van der Waals surface area contributed by atoms with E-state index in [1.165, 1.54) is 0 Å². The number of sulfone groups is 1. The van der Waals surface area contributed by atoms with Crippen LogP contribution in [0.1, 0.15) is 30.3 Å². The highest BCUT2D eigenvalue weighted by atomic mass is 79.9. The summed E-state index contributed by atoms with van der Waals surface area (Å²) < 4.78 is 30.5. The van der Waals surface area contributed by atoms with Crippen LogP contribution >= 0.6 is 15.9 Å².